The van der Waals surface area contributed by atoms with Crippen molar-refractivity contribution in [2.24, 2.45) is 5.92 Å². The number of nitro benzene ring substituents is 1. The highest BCUT2D eigenvalue weighted by molar-refractivity contribution is 6.03. The van der Waals surface area contributed by atoms with Crippen LogP contribution in [0.15, 0.2) is 48.5 Å². The Morgan fingerprint density at radius 2 is 1.50 bits per heavy atom. The van der Waals surface area contributed by atoms with Crippen molar-refractivity contribution in [2.75, 3.05) is 19.8 Å². The van der Waals surface area contributed by atoms with Crippen LogP contribution in [0.25, 0.3) is 0 Å². The molecule has 0 aliphatic rings. The van der Waals surface area contributed by atoms with Gasteiger partial charge in [0.1, 0.15) is 19.0 Å². The number of esters is 2. The molecule has 0 heterocycles. The summed E-state index contributed by atoms with van der Waals surface area (Å²) < 4.78 is 15.7. The summed E-state index contributed by atoms with van der Waals surface area (Å²) in [6, 6.07) is 11.8. The van der Waals surface area contributed by atoms with Gasteiger partial charge in [-0.15, -0.1) is 0 Å². The molecule has 2 aromatic carbocycles. The second kappa shape index (κ2) is 10.1. The van der Waals surface area contributed by atoms with Crippen LogP contribution in [0.5, 0.6) is 5.75 Å². The van der Waals surface area contributed by atoms with E-state index in [1.807, 2.05) is 13.8 Å². The first kappa shape index (κ1) is 20.9. The predicted molar refractivity (Wildman–Crippen MR) is 100 cm³/mol. The molecule has 0 aliphatic carbocycles. The number of benzene rings is 2. The largest absolute Gasteiger partial charge is 0.490 e. The summed E-state index contributed by atoms with van der Waals surface area (Å²) in [5, 5.41) is 10.6. The molecule has 28 heavy (non-hydrogen) atoms. The molecule has 2 aromatic rings. The maximum absolute atomic E-state index is 12.3. The molecule has 0 bridgehead atoms. The van der Waals surface area contributed by atoms with Crippen molar-refractivity contribution in [3.63, 3.8) is 0 Å². The molecule has 0 aromatic heterocycles. The van der Waals surface area contributed by atoms with Crippen LogP contribution in [0.3, 0.4) is 0 Å². The van der Waals surface area contributed by atoms with Crippen molar-refractivity contribution in [3.8, 4) is 5.75 Å². The minimum absolute atomic E-state index is 0.0419. The topological polar surface area (TPSA) is 105 Å². The number of nitrogens with zero attached hydrogens (tertiary/aromatic N) is 1. The fourth-order valence-electron chi connectivity index (χ4n) is 2.19. The number of carbonyl (C=O) groups excluding carboxylic acids is 2. The van der Waals surface area contributed by atoms with E-state index in [0.717, 1.165) is 0 Å². The maximum Gasteiger partial charge on any atom is 0.339 e. The second-order valence-corrected chi connectivity index (χ2v) is 6.27. The number of nitro groups is 1. The van der Waals surface area contributed by atoms with Crippen LogP contribution in [-0.2, 0) is 9.47 Å². The lowest BCUT2D eigenvalue weighted by Crippen LogP contribution is -2.17. The molecular formula is C20H21NO7. The third kappa shape index (κ3) is 6.08. The quantitative estimate of drug-likeness (QED) is 0.280. The average molecular weight is 387 g/mol. The molecular weight excluding hydrogens is 366 g/mol. The van der Waals surface area contributed by atoms with Gasteiger partial charge in [-0.25, -0.2) is 9.59 Å². The van der Waals surface area contributed by atoms with Crippen molar-refractivity contribution in [3.05, 3.63) is 69.8 Å². The van der Waals surface area contributed by atoms with Gasteiger partial charge < -0.3 is 14.2 Å². The molecule has 0 spiro atoms. The Morgan fingerprint density at radius 3 is 2.04 bits per heavy atom. The van der Waals surface area contributed by atoms with Gasteiger partial charge in [0, 0.05) is 12.1 Å². The van der Waals surface area contributed by atoms with Gasteiger partial charge in [-0.3, -0.25) is 10.1 Å². The van der Waals surface area contributed by atoms with Crippen LogP contribution in [0, 0.1) is 16.0 Å². The lowest BCUT2D eigenvalue weighted by Gasteiger charge is -2.11. The normalized spacial score (nSPS) is 10.4. The number of ether oxygens (including phenoxy) is 3. The van der Waals surface area contributed by atoms with Crippen LogP contribution in [0.2, 0.25) is 0 Å². The van der Waals surface area contributed by atoms with Gasteiger partial charge in [0.05, 0.1) is 22.7 Å². The van der Waals surface area contributed by atoms with E-state index in [1.54, 1.807) is 12.1 Å². The predicted octanol–water partition coefficient (Wildman–Crippen LogP) is 3.64. The zero-order valence-corrected chi connectivity index (χ0v) is 15.6. The third-order valence-electron chi connectivity index (χ3n) is 3.55. The number of carbonyl (C=O) groups is 2. The van der Waals surface area contributed by atoms with Crippen LogP contribution < -0.4 is 4.74 Å². The van der Waals surface area contributed by atoms with Crippen LogP contribution in [0.4, 0.5) is 5.69 Å². The molecule has 0 unspecified atom stereocenters. The Kier molecular flexibility index (Phi) is 7.50. The Balaban J connectivity index is 1.87. The summed E-state index contributed by atoms with van der Waals surface area (Å²) >= 11 is 0. The van der Waals surface area contributed by atoms with E-state index >= 15 is 0 Å². The highest BCUT2D eigenvalue weighted by atomic mass is 16.6. The lowest BCUT2D eigenvalue weighted by atomic mass is 10.1. The first-order chi connectivity index (χ1) is 13.4. The van der Waals surface area contributed by atoms with Gasteiger partial charge in [-0.05, 0) is 30.2 Å². The first-order valence-corrected chi connectivity index (χ1v) is 8.69. The molecule has 0 saturated carbocycles. The zero-order valence-electron chi connectivity index (χ0n) is 15.6. The molecule has 2 rings (SSSR count). The van der Waals surface area contributed by atoms with Gasteiger partial charge in [0.25, 0.3) is 5.69 Å². The molecule has 0 N–H and O–H groups in total. The van der Waals surface area contributed by atoms with E-state index < -0.39 is 16.9 Å². The van der Waals surface area contributed by atoms with Gasteiger partial charge >= 0.3 is 11.9 Å². The standard InChI is InChI=1S/C20H21NO7/c1-14(2)13-28-20(23)18-6-4-3-5-17(18)19(22)27-12-11-26-16-9-7-15(8-10-16)21(24)25/h3-10,14H,11-13H2,1-2H3. The molecule has 0 radical (unpaired) electrons. The Labute approximate surface area is 162 Å². The van der Waals surface area contributed by atoms with E-state index in [4.69, 9.17) is 14.2 Å². The third-order valence-corrected chi connectivity index (χ3v) is 3.55. The van der Waals surface area contributed by atoms with Gasteiger partial charge in [-0.1, -0.05) is 26.0 Å². The molecule has 148 valence electrons. The summed E-state index contributed by atoms with van der Waals surface area (Å²) in [6.45, 7) is 4.09. The Hall–Kier alpha value is -3.42. The smallest absolute Gasteiger partial charge is 0.339 e. The van der Waals surface area contributed by atoms with Gasteiger partial charge in [-0.2, -0.15) is 0 Å². The molecule has 8 nitrogen and oxygen atoms in total. The van der Waals surface area contributed by atoms with E-state index in [0.29, 0.717) is 5.75 Å². The summed E-state index contributed by atoms with van der Waals surface area (Å²) in [4.78, 5) is 34.5. The maximum atomic E-state index is 12.3. The highest BCUT2D eigenvalue weighted by Gasteiger charge is 2.19. The fraction of sp³-hybridized carbons (Fsp3) is 0.300. The van der Waals surface area contributed by atoms with Crippen LogP contribution in [-0.4, -0.2) is 36.7 Å². The molecule has 0 aliphatic heterocycles. The first-order valence-electron chi connectivity index (χ1n) is 8.69. The van der Waals surface area contributed by atoms with E-state index in [9.17, 15) is 19.7 Å². The van der Waals surface area contributed by atoms with Crippen molar-refractivity contribution < 1.29 is 28.7 Å². The molecule has 0 amide bonds. The monoisotopic (exact) mass is 387 g/mol. The van der Waals surface area contributed by atoms with E-state index in [1.165, 1.54) is 36.4 Å². The van der Waals surface area contributed by atoms with E-state index in [2.05, 4.69) is 0 Å². The van der Waals surface area contributed by atoms with Crippen molar-refractivity contribution in [1.82, 2.24) is 0 Å². The van der Waals surface area contributed by atoms with Crippen molar-refractivity contribution in [1.29, 1.82) is 0 Å². The Bertz CT molecular complexity index is 831. The second-order valence-electron chi connectivity index (χ2n) is 6.27. The SMILES string of the molecule is CC(C)COC(=O)c1ccccc1C(=O)OCCOc1ccc([N+](=O)[O-])cc1. The summed E-state index contributed by atoms with van der Waals surface area (Å²) in [6.07, 6.45) is 0. The molecule has 0 fully saturated rings. The van der Waals surface area contributed by atoms with Crippen molar-refractivity contribution in [2.45, 2.75) is 13.8 Å². The highest BCUT2D eigenvalue weighted by Crippen LogP contribution is 2.17. The summed E-state index contributed by atoms with van der Waals surface area (Å²) in [5.41, 5.74) is 0.218. The fourth-order valence-corrected chi connectivity index (χ4v) is 2.19. The van der Waals surface area contributed by atoms with Gasteiger partial charge in [0.2, 0.25) is 0 Å². The number of rotatable bonds is 9. The number of hydrogen-bond donors (Lipinski definition) is 0. The van der Waals surface area contributed by atoms with E-state index in [-0.39, 0.29) is 42.6 Å². The Morgan fingerprint density at radius 1 is 0.929 bits per heavy atom. The van der Waals surface area contributed by atoms with Crippen LogP contribution in [0.1, 0.15) is 34.6 Å². The average Bonchev–Trinajstić information content (AvgIpc) is 2.69. The summed E-state index contributed by atoms with van der Waals surface area (Å²) in [5.74, 6) is -0.647. The van der Waals surface area contributed by atoms with Crippen LogP contribution >= 0.6 is 0 Å². The van der Waals surface area contributed by atoms with Crippen molar-refractivity contribution >= 4 is 17.6 Å². The molecule has 0 saturated heterocycles. The zero-order chi connectivity index (χ0) is 20.5. The summed E-state index contributed by atoms with van der Waals surface area (Å²) in [7, 11) is 0. The molecule has 0 atom stereocenters. The number of non-ortho nitro benzene ring substituents is 1. The minimum atomic E-state index is -0.663. The number of hydrogen-bond acceptors (Lipinski definition) is 7. The van der Waals surface area contributed by atoms with Gasteiger partial charge in [0.15, 0.2) is 0 Å². The lowest BCUT2D eigenvalue weighted by molar-refractivity contribution is -0.384. The minimum Gasteiger partial charge on any atom is -0.490 e. The molecule has 8 heteroatoms.